The van der Waals surface area contributed by atoms with Gasteiger partial charge in [-0.2, -0.15) is 0 Å². The van der Waals surface area contributed by atoms with Crippen molar-refractivity contribution in [3.63, 3.8) is 0 Å². The fourth-order valence-corrected chi connectivity index (χ4v) is 3.87. The molecule has 0 bridgehead atoms. The Bertz CT molecular complexity index is 1160. The lowest BCUT2D eigenvalue weighted by Gasteiger charge is -2.27. The van der Waals surface area contributed by atoms with E-state index in [2.05, 4.69) is 6.58 Å². The van der Waals surface area contributed by atoms with Crippen molar-refractivity contribution in [3.8, 4) is 28.7 Å². The topological polar surface area (TPSA) is 72.5 Å². The number of rotatable bonds is 10. The van der Waals surface area contributed by atoms with Crippen LogP contribution in [0, 0.1) is 0 Å². The van der Waals surface area contributed by atoms with Gasteiger partial charge in [0.05, 0.1) is 19.8 Å². The summed E-state index contributed by atoms with van der Waals surface area (Å²) >= 11 is 0. The molecule has 0 aliphatic carbocycles. The molecule has 1 aliphatic rings. The summed E-state index contributed by atoms with van der Waals surface area (Å²) in [6, 6.07) is 18.0. The van der Waals surface area contributed by atoms with Gasteiger partial charge in [0.15, 0.2) is 29.1 Å². The quantitative estimate of drug-likeness (QED) is 0.282. The predicted octanol–water partition coefficient (Wildman–Crippen LogP) is 5.53. The summed E-state index contributed by atoms with van der Waals surface area (Å²) < 4.78 is 34.5. The smallest absolute Gasteiger partial charge is 0.338 e. The molecule has 0 amide bonds. The number of benzene rings is 3. The Morgan fingerprint density at radius 2 is 1.69 bits per heavy atom. The molecule has 0 spiro atoms. The molecule has 0 fully saturated rings. The SMILES string of the molecule is C=CCc1cc(OC)c(OC(C)C(OC(=O)c2ccccc2)c2ccc3c(c2)OCO3)c(OC)c1. The Hall–Kier alpha value is -4.13. The molecule has 0 N–H and O–H groups in total. The molecule has 3 aromatic rings. The van der Waals surface area contributed by atoms with Crippen LogP contribution >= 0.6 is 0 Å². The Labute approximate surface area is 204 Å². The molecule has 7 nitrogen and oxygen atoms in total. The number of carbonyl (C=O) groups excluding carboxylic acids is 1. The Kier molecular flexibility index (Phi) is 7.45. The Morgan fingerprint density at radius 1 is 1.00 bits per heavy atom. The second-order valence-electron chi connectivity index (χ2n) is 7.95. The van der Waals surface area contributed by atoms with E-state index in [-0.39, 0.29) is 6.79 Å². The van der Waals surface area contributed by atoms with Crippen molar-refractivity contribution >= 4 is 5.97 Å². The summed E-state index contributed by atoms with van der Waals surface area (Å²) in [7, 11) is 3.13. The summed E-state index contributed by atoms with van der Waals surface area (Å²) in [6.45, 7) is 5.76. The van der Waals surface area contributed by atoms with Crippen LogP contribution in [0.2, 0.25) is 0 Å². The average Bonchev–Trinajstić information content (AvgIpc) is 3.36. The molecule has 2 atom stereocenters. The van der Waals surface area contributed by atoms with E-state index in [1.807, 2.05) is 31.2 Å². The van der Waals surface area contributed by atoms with Gasteiger partial charge in [0, 0.05) is 5.56 Å². The van der Waals surface area contributed by atoms with Crippen molar-refractivity contribution in [1.29, 1.82) is 0 Å². The van der Waals surface area contributed by atoms with Crippen LogP contribution < -0.4 is 23.7 Å². The molecule has 2 unspecified atom stereocenters. The molecular formula is C28H28O7. The van der Waals surface area contributed by atoms with Gasteiger partial charge >= 0.3 is 5.97 Å². The second kappa shape index (κ2) is 10.9. The van der Waals surface area contributed by atoms with Crippen LogP contribution in [0.3, 0.4) is 0 Å². The molecule has 0 saturated carbocycles. The van der Waals surface area contributed by atoms with Crippen molar-refractivity contribution in [2.45, 2.75) is 25.6 Å². The van der Waals surface area contributed by atoms with Gasteiger partial charge in [0.1, 0.15) is 6.10 Å². The maximum absolute atomic E-state index is 13.0. The number of carbonyl (C=O) groups is 1. The lowest BCUT2D eigenvalue weighted by atomic mass is 10.0. The van der Waals surface area contributed by atoms with Crippen LogP contribution in [0.1, 0.15) is 34.5 Å². The maximum atomic E-state index is 13.0. The van der Waals surface area contributed by atoms with E-state index in [0.717, 1.165) is 5.56 Å². The predicted molar refractivity (Wildman–Crippen MR) is 131 cm³/mol. The number of fused-ring (bicyclic) bond motifs is 1. The summed E-state index contributed by atoms with van der Waals surface area (Å²) in [5, 5.41) is 0. The highest BCUT2D eigenvalue weighted by Crippen LogP contribution is 2.42. The molecule has 182 valence electrons. The molecule has 4 rings (SSSR count). The van der Waals surface area contributed by atoms with E-state index >= 15 is 0 Å². The number of ether oxygens (including phenoxy) is 6. The fourth-order valence-electron chi connectivity index (χ4n) is 3.87. The second-order valence-corrected chi connectivity index (χ2v) is 7.95. The summed E-state index contributed by atoms with van der Waals surface area (Å²) in [4.78, 5) is 13.0. The average molecular weight is 477 g/mol. The molecule has 0 aromatic heterocycles. The normalized spacial score (nSPS) is 13.5. The maximum Gasteiger partial charge on any atom is 0.338 e. The third kappa shape index (κ3) is 5.35. The van der Waals surface area contributed by atoms with Gasteiger partial charge in [-0.3, -0.25) is 0 Å². The number of methoxy groups -OCH3 is 2. The van der Waals surface area contributed by atoms with Crippen LogP contribution in [-0.4, -0.2) is 33.1 Å². The zero-order valence-electron chi connectivity index (χ0n) is 20.0. The number of hydrogen-bond acceptors (Lipinski definition) is 7. The molecule has 35 heavy (non-hydrogen) atoms. The van der Waals surface area contributed by atoms with Crippen LogP contribution in [0.5, 0.6) is 28.7 Å². The first-order chi connectivity index (χ1) is 17.0. The monoisotopic (exact) mass is 476 g/mol. The summed E-state index contributed by atoms with van der Waals surface area (Å²) in [6.07, 6.45) is 1.07. The van der Waals surface area contributed by atoms with Gasteiger partial charge in [0.25, 0.3) is 0 Å². The van der Waals surface area contributed by atoms with Crippen molar-refractivity contribution in [2.75, 3.05) is 21.0 Å². The van der Waals surface area contributed by atoms with Crippen LogP contribution in [0.4, 0.5) is 0 Å². The van der Waals surface area contributed by atoms with Crippen molar-refractivity contribution in [2.24, 2.45) is 0 Å². The molecule has 1 aliphatic heterocycles. The number of hydrogen-bond donors (Lipinski definition) is 0. The third-order valence-electron chi connectivity index (χ3n) is 5.60. The highest BCUT2D eigenvalue weighted by molar-refractivity contribution is 5.89. The molecular weight excluding hydrogens is 448 g/mol. The standard InChI is InChI=1S/C28H28O7/c1-5-9-19-14-24(30-3)27(25(15-19)31-4)34-18(2)26(35-28(29)20-10-7-6-8-11-20)21-12-13-22-23(16-21)33-17-32-22/h5-8,10-16,18,26H,1,9,17H2,2-4H3. The van der Waals surface area contributed by atoms with Gasteiger partial charge in [-0.25, -0.2) is 4.79 Å². The fraction of sp³-hybridized carbons (Fsp3) is 0.250. The van der Waals surface area contributed by atoms with Crippen LogP contribution in [0.15, 0.2) is 73.3 Å². The van der Waals surface area contributed by atoms with E-state index in [1.165, 1.54) is 0 Å². The molecule has 0 saturated heterocycles. The summed E-state index contributed by atoms with van der Waals surface area (Å²) in [5.74, 6) is 2.18. The number of esters is 1. The highest BCUT2D eigenvalue weighted by atomic mass is 16.7. The van der Waals surface area contributed by atoms with E-state index < -0.39 is 18.2 Å². The summed E-state index contributed by atoms with van der Waals surface area (Å²) in [5.41, 5.74) is 2.11. The van der Waals surface area contributed by atoms with Gasteiger partial charge < -0.3 is 28.4 Å². The Balaban J connectivity index is 1.68. The van der Waals surface area contributed by atoms with E-state index in [1.54, 1.807) is 56.7 Å². The lowest BCUT2D eigenvalue weighted by molar-refractivity contribution is -0.00675. The third-order valence-corrected chi connectivity index (χ3v) is 5.60. The minimum atomic E-state index is -0.764. The van der Waals surface area contributed by atoms with Gasteiger partial charge in [0.2, 0.25) is 12.5 Å². The lowest BCUT2D eigenvalue weighted by Crippen LogP contribution is -2.27. The molecule has 1 heterocycles. The Morgan fingerprint density at radius 3 is 2.34 bits per heavy atom. The van der Waals surface area contributed by atoms with Gasteiger partial charge in [-0.15, -0.1) is 6.58 Å². The van der Waals surface area contributed by atoms with E-state index in [9.17, 15) is 4.79 Å². The first-order valence-electron chi connectivity index (χ1n) is 11.2. The molecule has 7 heteroatoms. The largest absolute Gasteiger partial charge is 0.493 e. The highest BCUT2D eigenvalue weighted by Gasteiger charge is 2.30. The first-order valence-corrected chi connectivity index (χ1v) is 11.2. The van der Waals surface area contributed by atoms with E-state index in [4.69, 9.17) is 28.4 Å². The van der Waals surface area contributed by atoms with Crippen LogP contribution in [0.25, 0.3) is 0 Å². The van der Waals surface area contributed by atoms with Gasteiger partial charge in [-0.05, 0) is 55.3 Å². The van der Waals surface area contributed by atoms with Gasteiger partial charge in [-0.1, -0.05) is 30.3 Å². The first kappa shape index (κ1) is 24.0. The van der Waals surface area contributed by atoms with Crippen molar-refractivity contribution in [3.05, 3.63) is 90.0 Å². The molecule has 0 radical (unpaired) electrons. The van der Waals surface area contributed by atoms with Crippen molar-refractivity contribution in [1.82, 2.24) is 0 Å². The van der Waals surface area contributed by atoms with E-state index in [0.29, 0.717) is 46.3 Å². The zero-order valence-corrected chi connectivity index (χ0v) is 20.0. The minimum Gasteiger partial charge on any atom is -0.493 e. The molecule has 3 aromatic carbocycles. The number of allylic oxidation sites excluding steroid dienone is 1. The van der Waals surface area contributed by atoms with Crippen molar-refractivity contribution < 1.29 is 33.2 Å². The minimum absolute atomic E-state index is 0.144. The zero-order chi connectivity index (χ0) is 24.8. The van der Waals surface area contributed by atoms with Crippen LogP contribution in [-0.2, 0) is 11.2 Å².